The zero-order valence-electron chi connectivity index (χ0n) is 21.6. The third kappa shape index (κ3) is 3.92. The van der Waals surface area contributed by atoms with Gasteiger partial charge < -0.3 is 20.8 Å². The lowest BCUT2D eigenvalue weighted by molar-refractivity contribution is -0.181. The van der Waals surface area contributed by atoms with Gasteiger partial charge in [0.15, 0.2) is 34.7 Å². The number of carbonyl (C=O) groups is 5. The first-order valence-corrected chi connectivity index (χ1v) is 13.2. The molecule has 0 radical (unpaired) electrons. The van der Waals surface area contributed by atoms with Gasteiger partial charge in [0.1, 0.15) is 5.75 Å². The van der Waals surface area contributed by atoms with Crippen molar-refractivity contribution in [2.75, 3.05) is 27.7 Å². The van der Waals surface area contributed by atoms with Gasteiger partial charge >= 0.3 is 0 Å². The molecular formula is C27H32ClN3O7. The molecule has 1 amide bonds. The van der Waals surface area contributed by atoms with Crippen molar-refractivity contribution in [2.24, 2.45) is 35.3 Å². The molecule has 0 aromatic heterocycles. The molecular weight excluding hydrogens is 514 g/mol. The number of hydrogen-bond donors (Lipinski definition) is 3. The number of amides is 1. The maximum atomic E-state index is 13.8. The summed E-state index contributed by atoms with van der Waals surface area (Å²) in [5, 5.41) is 22.8. The highest BCUT2D eigenvalue weighted by Gasteiger charge is 2.69. The number of primary amides is 1. The Bertz CT molecular complexity index is 1280. The van der Waals surface area contributed by atoms with E-state index in [0.717, 1.165) is 6.54 Å². The number of carbonyl (C=O) groups excluding carboxylic acids is 5. The number of Topliss-reactive ketones (excluding diaryl/α,β-unsaturated/α-hetero) is 4. The summed E-state index contributed by atoms with van der Waals surface area (Å²) in [6, 6.07) is 0.298. The number of ketones is 4. The minimum Gasteiger partial charge on any atom is -0.507 e. The van der Waals surface area contributed by atoms with Gasteiger partial charge in [0.25, 0.3) is 0 Å². The molecule has 4 aliphatic carbocycles. The van der Waals surface area contributed by atoms with Gasteiger partial charge in [-0.05, 0) is 75.9 Å². The summed E-state index contributed by atoms with van der Waals surface area (Å²) in [7, 11) is 5.06. The lowest BCUT2D eigenvalue weighted by Gasteiger charge is -2.52. The third-order valence-electron chi connectivity index (χ3n) is 8.78. The Morgan fingerprint density at radius 2 is 1.82 bits per heavy atom. The van der Waals surface area contributed by atoms with E-state index in [0.29, 0.717) is 28.6 Å². The first-order chi connectivity index (χ1) is 17.8. The number of halogens is 1. The summed E-state index contributed by atoms with van der Waals surface area (Å²) in [6.07, 6.45) is 2.52. The van der Waals surface area contributed by atoms with E-state index in [1.807, 2.05) is 7.05 Å². The fraction of sp³-hybridized carbons (Fsp3) is 0.593. The Hall–Kier alpha value is -2.66. The lowest BCUT2D eigenvalue weighted by atomic mass is 9.52. The molecule has 0 bridgehead atoms. The van der Waals surface area contributed by atoms with E-state index >= 15 is 0 Å². The van der Waals surface area contributed by atoms with Gasteiger partial charge in [-0.1, -0.05) is 11.6 Å². The van der Waals surface area contributed by atoms with Crippen molar-refractivity contribution in [3.8, 4) is 5.75 Å². The van der Waals surface area contributed by atoms with Crippen molar-refractivity contribution < 1.29 is 34.2 Å². The smallest absolute Gasteiger partial charge is 0.235 e. The Kier molecular flexibility index (Phi) is 6.53. The number of phenols is 1. The van der Waals surface area contributed by atoms with Crippen molar-refractivity contribution in [1.82, 2.24) is 9.80 Å². The van der Waals surface area contributed by atoms with E-state index < -0.39 is 64.4 Å². The van der Waals surface area contributed by atoms with Crippen LogP contribution in [0.2, 0.25) is 5.02 Å². The number of fused-ring (bicyclic) bond motifs is 3. The molecule has 0 saturated heterocycles. The monoisotopic (exact) mass is 545 g/mol. The SMILES string of the molecule is CN(Cc1cc(O)c2c(c1Cl)C[C@H]1C[C@H]3[C@H](N(C)C)C(=O)C(C(N)=O)C(=O)C3(O)C(=O)C1C2=O)CC1CC1. The molecule has 1 aromatic rings. The molecule has 3 fully saturated rings. The summed E-state index contributed by atoms with van der Waals surface area (Å²) in [4.78, 5) is 69.6. The Morgan fingerprint density at radius 3 is 2.39 bits per heavy atom. The van der Waals surface area contributed by atoms with E-state index in [2.05, 4.69) is 4.90 Å². The van der Waals surface area contributed by atoms with E-state index in [1.165, 1.54) is 23.8 Å². The van der Waals surface area contributed by atoms with Crippen LogP contribution in [-0.2, 0) is 32.1 Å². The standard InChI is InChI=1S/C27H32ClN3O7/c1-30(2)21-15-7-12-6-14-18(16(32)8-13(20(14)28)10-31(3)9-11-4-5-11)22(33)17(12)24(35)27(15,38)25(36)19(23(21)34)26(29)37/h8,11-12,15,17,19,21,32,38H,4-7,9-10H2,1-3H3,(H2,29,37)/t12-,15-,17?,19?,21-,27?/m0/s1. The molecule has 0 spiro atoms. The number of rotatable bonds is 6. The largest absolute Gasteiger partial charge is 0.507 e. The first kappa shape index (κ1) is 26.9. The number of aromatic hydroxyl groups is 1. The summed E-state index contributed by atoms with van der Waals surface area (Å²) >= 11 is 6.78. The van der Waals surface area contributed by atoms with E-state index in [1.54, 1.807) is 14.1 Å². The van der Waals surface area contributed by atoms with Gasteiger partial charge in [-0.3, -0.25) is 28.9 Å². The highest BCUT2D eigenvalue weighted by Crippen LogP contribution is 2.51. The number of aliphatic hydroxyl groups is 1. The van der Waals surface area contributed by atoms with Crippen LogP contribution < -0.4 is 5.73 Å². The molecule has 204 valence electrons. The second kappa shape index (κ2) is 9.22. The molecule has 38 heavy (non-hydrogen) atoms. The summed E-state index contributed by atoms with van der Waals surface area (Å²) in [5.41, 5.74) is 3.60. The molecule has 3 saturated carbocycles. The van der Waals surface area contributed by atoms with Gasteiger partial charge in [0.05, 0.1) is 17.5 Å². The van der Waals surface area contributed by atoms with Gasteiger partial charge in [0.2, 0.25) is 5.91 Å². The second-order valence-electron chi connectivity index (χ2n) is 11.7. The average molecular weight is 546 g/mol. The topological polar surface area (TPSA) is 158 Å². The predicted octanol–water partition coefficient (Wildman–Crippen LogP) is 0.362. The molecule has 4 N–H and O–H groups in total. The lowest BCUT2D eigenvalue weighted by Crippen LogP contribution is -2.74. The van der Waals surface area contributed by atoms with Crippen LogP contribution in [-0.4, -0.2) is 88.4 Å². The number of benzene rings is 1. The fourth-order valence-corrected chi connectivity index (χ4v) is 7.21. The Labute approximate surface area is 225 Å². The molecule has 3 unspecified atom stereocenters. The molecule has 4 aliphatic rings. The number of nitrogens with zero attached hydrogens (tertiary/aromatic N) is 2. The highest BCUT2D eigenvalue weighted by molar-refractivity contribution is 6.34. The van der Waals surface area contributed by atoms with Crippen LogP contribution in [0.5, 0.6) is 5.75 Å². The van der Waals surface area contributed by atoms with E-state index in [9.17, 15) is 34.2 Å². The average Bonchev–Trinajstić information content (AvgIpc) is 3.62. The van der Waals surface area contributed by atoms with Crippen molar-refractivity contribution in [3.05, 3.63) is 27.8 Å². The quantitative estimate of drug-likeness (QED) is 0.429. The Morgan fingerprint density at radius 1 is 1.16 bits per heavy atom. The van der Waals surface area contributed by atoms with Crippen LogP contribution in [0.3, 0.4) is 0 Å². The van der Waals surface area contributed by atoms with Crippen molar-refractivity contribution in [3.63, 3.8) is 0 Å². The van der Waals surface area contributed by atoms with Crippen LogP contribution in [0.4, 0.5) is 0 Å². The summed E-state index contributed by atoms with van der Waals surface area (Å²) < 4.78 is 0. The first-order valence-electron chi connectivity index (χ1n) is 12.8. The van der Waals surface area contributed by atoms with Crippen LogP contribution in [0.25, 0.3) is 0 Å². The van der Waals surface area contributed by atoms with Crippen LogP contribution >= 0.6 is 11.6 Å². The molecule has 0 aliphatic heterocycles. The van der Waals surface area contributed by atoms with E-state index in [4.69, 9.17) is 17.3 Å². The third-order valence-corrected chi connectivity index (χ3v) is 9.25. The van der Waals surface area contributed by atoms with Crippen LogP contribution in [0.15, 0.2) is 6.07 Å². The maximum absolute atomic E-state index is 13.8. The highest BCUT2D eigenvalue weighted by atomic mass is 35.5. The second-order valence-corrected chi connectivity index (χ2v) is 12.0. The zero-order chi connectivity index (χ0) is 27.8. The van der Waals surface area contributed by atoms with Crippen LogP contribution in [0.1, 0.15) is 40.7 Å². The van der Waals surface area contributed by atoms with Gasteiger partial charge in [-0.25, -0.2) is 0 Å². The minimum atomic E-state index is -2.73. The van der Waals surface area contributed by atoms with Crippen molar-refractivity contribution >= 4 is 40.6 Å². The Balaban J connectivity index is 1.55. The number of likely N-dealkylation sites (N-methyl/N-ethyl adjacent to an activating group) is 1. The molecule has 1 aromatic carbocycles. The normalized spacial score (nSPS) is 32.9. The van der Waals surface area contributed by atoms with Gasteiger partial charge in [-0.2, -0.15) is 0 Å². The zero-order valence-corrected chi connectivity index (χ0v) is 22.3. The van der Waals surface area contributed by atoms with Crippen molar-refractivity contribution in [1.29, 1.82) is 0 Å². The number of nitrogens with two attached hydrogens (primary N) is 1. The number of hydrogen-bond acceptors (Lipinski definition) is 9. The van der Waals surface area contributed by atoms with E-state index in [-0.39, 0.29) is 24.2 Å². The molecule has 11 heteroatoms. The maximum Gasteiger partial charge on any atom is 0.235 e. The molecule has 10 nitrogen and oxygen atoms in total. The fourth-order valence-electron chi connectivity index (χ4n) is 6.92. The van der Waals surface area contributed by atoms with Gasteiger partial charge in [0, 0.05) is 24.0 Å². The summed E-state index contributed by atoms with van der Waals surface area (Å²) in [5.74, 6) is -10.00. The van der Waals surface area contributed by atoms with Crippen LogP contribution in [0, 0.1) is 29.6 Å². The molecule has 6 atom stereocenters. The predicted molar refractivity (Wildman–Crippen MR) is 135 cm³/mol. The number of phenolic OH excluding ortho intramolecular Hbond substituents is 1. The molecule has 0 heterocycles. The van der Waals surface area contributed by atoms with Crippen molar-refractivity contribution in [2.45, 2.75) is 43.9 Å². The van der Waals surface area contributed by atoms with Gasteiger partial charge in [-0.15, -0.1) is 0 Å². The molecule has 5 rings (SSSR count). The summed E-state index contributed by atoms with van der Waals surface area (Å²) in [6.45, 7) is 1.37. The minimum absolute atomic E-state index is 0.00715.